The molecule has 3 nitrogen and oxygen atoms in total. The summed E-state index contributed by atoms with van der Waals surface area (Å²) in [5.41, 5.74) is 2.46. The number of aromatic nitrogens is 1. The molecule has 1 N–H and O–H groups in total. The topological polar surface area (TPSA) is 42.4 Å². The molecule has 5 heteroatoms. The minimum atomic E-state index is -0.606. The SMILES string of the molecule is CC(O)c1cc(Cl)ccc1OCc1cncs1. The third-order valence-electron chi connectivity index (χ3n) is 2.28. The Morgan fingerprint density at radius 2 is 2.35 bits per heavy atom. The van der Waals surface area contributed by atoms with E-state index in [4.69, 9.17) is 16.3 Å². The summed E-state index contributed by atoms with van der Waals surface area (Å²) in [6, 6.07) is 5.23. The molecule has 1 aromatic heterocycles. The molecule has 1 aromatic carbocycles. The summed E-state index contributed by atoms with van der Waals surface area (Å²) in [4.78, 5) is 5.01. The van der Waals surface area contributed by atoms with Crippen LogP contribution in [0.4, 0.5) is 0 Å². The Labute approximate surface area is 109 Å². The molecule has 0 bridgehead atoms. The molecule has 0 aliphatic heterocycles. The summed E-state index contributed by atoms with van der Waals surface area (Å²) in [6.45, 7) is 2.14. The van der Waals surface area contributed by atoms with Crippen molar-refractivity contribution in [3.8, 4) is 5.75 Å². The Hall–Kier alpha value is -1.10. The van der Waals surface area contributed by atoms with Crippen molar-refractivity contribution in [2.75, 3.05) is 0 Å². The molecular weight excluding hydrogens is 258 g/mol. The predicted octanol–water partition coefficient (Wildman–Crippen LogP) is 3.43. The average Bonchev–Trinajstić information content (AvgIpc) is 2.80. The molecule has 0 fully saturated rings. The summed E-state index contributed by atoms with van der Waals surface area (Å²) in [7, 11) is 0. The van der Waals surface area contributed by atoms with Gasteiger partial charge in [0.15, 0.2) is 0 Å². The van der Waals surface area contributed by atoms with Gasteiger partial charge in [-0.15, -0.1) is 11.3 Å². The maximum atomic E-state index is 9.64. The predicted molar refractivity (Wildman–Crippen MR) is 68.5 cm³/mol. The van der Waals surface area contributed by atoms with Gasteiger partial charge in [-0.3, -0.25) is 4.98 Å². The molecule has 0 saturated carbocycles. The fourth-order valence-electron chi connectivity index (χ4n) is 1.44. The Morgan fingerprint density at radius 1 is 1.53 bits per heavy atom. The van der Waals surface area contributed by atoms with Crippen molar-refractivity contribution in [3.63, 3.8) is 0 Å². The summed E-state index contributed by atoms with van der Waals surface area (Å²) in [6.07, 6.45) is 1.16. The van der Waals surface area contributed by atoms with Crippen LogP contribution in [0, 0.1) is 0 Å². The normalized spacial score (nSPS) is 12.4. The highest BCUT2D eigenvalue weighted by Crippen LogP contribution is 2.29. The van der Waals surface area contributed by atoms with Crippen LogP contribution in [-0.2, 0) is 6.61 Å². The van der Waals surface area contributed by atoms with E-state index in [1.807, 2.05) is 0 Å². The van der Waals surface area contributed by atoms with Crippen molar-refractivity contribution in [3.05, 3.63) is 45.4 Å². The van der Waals surface area contributed by atoms with Gasteiger partial charge in [0.1, 0.15) is 12.4 Å². The lowest BCUT2D eigenvalue weighted by Gasteiger charge is -2.13. The van der Waals surface area contributed by atoms with E-state index in [0.717, 1.165) is 4.88 Å². The number of aliphatic hydroxyl groups is 1. The van der Waals surface area contributed by atoms with Crippen LogP contribution in [0.25, 0.3) is 0 Å². The van der Waals surface area contributed by atoms with E-state index in [9.17, 15) is 5.11 Å². The van der Waals surface area contributed by atoms with Crippen molar-refractivity contribution in [2.24, 2.45) is 0 Å². The minimum absolute atomic E-state index is 0.450. The van der Waals surface area contributed by atoms with Crippen LogP contribution in [0.1, 0.15) is 23.5 Å². The molecule has 90 valence electrons. The zero-order chi connectivity index (χ0) is 12.3. The van der Waals surface area contributed by atoms with Crippen LogP contribution in [0.5, 0.6) is 5.75 Å². The van der Waals surface area contributed by atoms with Gasteiger partial charge >= 0.3 is 0 Å². The van der Waals surface area contributed by atoms with E-state index in [0.29, 0.717) is 22.9 Å². The Balaban J connectivity index is 2.14. The van der Waals surface area contributed by atoms with Crippen LogP contribution in [0.2, 0.25) is 5.02 Å². The molecule has 0 amide bonds. The second-order valence-corrected chi connectivity index (χ2v) is 5.02. The zero-order valence-electron chi connectivity index (χ0n) is 9.26. The maximum Gasteiger partial charge on any atom is 0.125 e. The van der Waals surface area contributed by atoms with Gasteiger partial charge in [0, 0.05) is 16.8 Å². The Morgan fingerprint density at radius 3 is 3.00 bits per heavy atom. The van der Waals surface area contributed by atoms with Gasteiger partial charge in [0.2, 0.25) is 0 Å². The largest absolute Gasteiger partial charge is 0.488 e. The van der Waals surface area contributed by atoms with Crippen LogP contribution < -0.4 is 4.74 Å². The first kappa shape index (κ1) is 12.4. The van der Waals surface area contributed by atoms with Crippen molar-refractivity contribution < 1.29 is 9.84 Å². The number of aliphatic hydroxyl groups excluding tert-OH is 1. The molecule has 1 unspecified atom stereocenters. The maximum absolute atomic E-state index is 9.64. The number of ether oxygens (including phenoxy) is 1. The van der Waals surface area contributed by atoms with Crippen molar-refractivity contribution in [1.82, 2.24) is 4.98 Å². The zero-order valence-corrected chi connectivity index (χ0v) is 10.8. The van der Waals surface area contributed by atoms with E-state index in [-0.39, 0.29) is 0 Å². The van der Waals surface area contributed by atoms with Crippen molar-refractivity contribution in [2.45, 2.75) is 19.6 Å². The van der Waals surface area contributed by atoms with Gasteiger partial charge in [-0.2, -0.15) is 0 Å². The number of thiazole rings is 1. The molecule has 17 heavy (non-hydrogen) atoms. The smallest absolute Gasteiger partial charge is 0.125 e. The summed E-state index contributed by atoms with van der Waals surface area (Å²) >= 11 is 7.42. The van der Waals surface area contributed by atoms with E-state index in [1.165, 1.54) is 11.3 Å². The molecule has 1 heterocycles. The molecule has 2 rings (SSSR count). The highest BCUT2D eigenvalue weighted by atomic mass is 35.5. The average molecular weight is 270 g/mol. The van der Waals surface area contributed by atoms with Crippen LogP contribution in [0.15, 0.2) is 29.9 Å². The first-order valence-electron chi connectivity index (χ1n) is 5.14. The highest BCUT2D eigenvalue weighted by Gasteiger charge is 2.10. The first-order chi connectivity index (χ1) is 8.16. The van der Waals surface area contributed by atoms with Gasteiger partial charge in [-0.05, 0) is 25.1 Å². The third kappa shape index (κ3) is 3.19. The minimum Gasteiger partial charge on any atom is -0.488 e. The second-order valence-electron chi connectivity index (χ2n) is 3.61. The summed E-state index contributed by atoms with van der Waals surface area (Å²) in [5.74, 6) is 0.651. The molecule has 0 radical (unpaired) electrons. The first-order valence-corrected chi connectivity index (χ1v) is 6.40. The molecule has 0 spiro atoms. The van der Waals surface area contributed by atoms with E-state index >= 15 is 0 Å². The van der Waals surface area contributed by atoms with Crippen LogP contribution in [0.3, 0.4) is 0 Å². The number of rotatable bonds is 4. The third-order valence-corrected chi connectivity index (χ3v) is 3.26. The number of hydrogen-bond donors (Lipinski definition) is 1. The monoisotopic (exact) mass is 269 g/mol. The lowest BCUT2D eigenvalue weighted by Crippen LogP contribution is -2.00. The number of hydrogen-bond acceptors (Lipinski definition) is 4. The standard InChI is InChI=1S/C12H12ClNO2S/c1-8(15)11-4-9(13)2-3-12(11)16-6-10-5-14-7-17-10/h2-5,7-8,15H,6H2,1H3. The van der Waals surface area contributed by atoms with E-state index < -0.39 is 6.10 Å². The fraction of sp³-hybridized carbons (Fsp3) is 0.250. The lowest BCUT2D eigenvalue weighted by molar-refractivity contribution is 0.190. The Kier molecular flexibility index (Phi) is 3.99. The van der Waals surface area contributed by atoms with Gasteiger partial charge in [0.05, 0.1) is 16.5 Å². The van der Waals surface area contributed by atoms with E-state index in [2.05, 4.69) is 4.98 Å². The molecule has 0 aliphatic rings. The number of halogens is 1. The number of nitrogens with zero attached hydrogens (tertiary/aromatic N) is 1. The van der Waals surface area contributed by atoms with Crippen LogP contribution >= 0.6 is 22.9 Å². The Bertz CT molecular complexity index is 485. The summed E-state index contributed by atoms with van der Waals surface area (Å²) < 4.78 is 5.65. The molecule has 0 saturated heterocycles. The van der Waals surface area contributed by atoms with Crippen molar-refractivity contribution in [1.29, 1.82) is 0 Å². The van der Waals surface area contributed by atoms with Gasteiger partial charge in [-0.25, -0.2) is 0 Å². The van der Waals surface area contributed by atoms with Gasteiger partial charge in [0.25, 0.3) is 0 Å². The highest BCUT2D eigenvalue weighted by molar-refractivity contribution is 7.09. The van der Waals surface area contributed by atoms with Crippen LogP contribution in [-0.4, -0.2) is 10.1 Å². The lowest BCUT2D eigenvalue weighted by atomic mass is 10.1. The molecular formula is C12H12ClNO2S. The van der Waals surface area contributed by atoms with Gasteiger partial charge in [-0.1, -0.05) is 11.6 Å². The van der Waals surface area contributed by atoms with E-state index in [1.54, 1.807) is 36.8 Å². The summed E-state index contributed by atoms with van der Waals surface area (Å²) in [5, 5.41) is 10.2. The molecule has 2 aromatic rings. The fourth-order valence-corrected chi connectivity index (χ4v) is 2.13. The second kappa shape index (κ2) is 5.49. The van der Waals surface area contributed by atoms with Gasteiger partial charge < -0.3 is 9.84 Å². The molecule has 1 atom stereocenters. The molecule has 0 aliphatic carbocycles. The quantitative estimate of drug-likeness (QED) is 0.925. The van der Waals surface area contributed by atoms with Crippen molar-refractivity contribution >= 4 is 22.9 Å². The number of benzene rings is 1.